The highest BCUT2D eigenvalue weighted by Gasteiger charge is 2.14. The van der Waals surface area contributed by atoms with E-state index in [-0.39, 0.29) is 0 Å². The van der Waals surface area contributed by atoms with Crippen molar-refractivity contribution in [3.8, 4) is 22.8 Å². The fourth-order valence-electron chi connectivity index (χ4n) is 1.51. The maximum absolute atomic E-state index is 5.62. The quantitative estimate of drug-likeness (QED) is 0.889. The lowest BCUT2D eigenvalue weighted by molar-refractivity contribution is 0.397. The molecule has 0 atom stereocenters. The van der Waals surface area contributed by atoms with Crippen molar-refractivity contribution in [1.82, 2.24) is 4.98 Å². The fourth-order valence-corrected chi connectivity index (χ4v) is 2.06. The third kappa shape index (κ3) is 1.81. The van der Waals surface area contributed by atoms with E-state index in [0.717, 1.165) is 22.8 Å². The Morgan fingerprint density at radius 3 is 2.25 bits per heavy atom. The van der Waals surface area contributed by atoms with Gasteiger partial charge in [-0.25, -0.2) is 4.98 Å². The molecule has 1 heterocycles. The Morgan fingerprint density at radius 1 is 1.19 bits per heavy atom. The molecular formula is C11H12N2O2S. The average Bonchev–Trinajstić information content (AvgIpc) is 2.74. The summed E-state index contributed by atoms with van der Waals surface area (Å²) in [7, 11) is 3.24. The van der Waals surface area contributed by atoms with Crippen molar-refractivity contribution in [2.75, 3.05) is 20.0 Å². The van der Waals surface area contributed by atoms with Crippen LogP contribution in [0.1, 0.15) is 0 Å². The van der Waals surface area contributed by atoms with Crippen LogP contribution >= 0.6 is 11.3 Å². The van der Waals surface area contributed by atoms with Crippen molar-refractivity contribution < 1.29 is 9.47 Å². The van der Waals surface area contributed by atoms with Crippen LogP contribution in [0.15, 0.2) is 23.6 Å². The zero-order chi connectivity index (χ0) is 11.5. The second-order valence-corrected chi connectivity index (χ2v) is 4.00. The lowest BCUT2D eigenvalue weighted by atomic mass is 10.1. The van der Waals surface area contributed by atoms with Crippen LogP contribution < -0.4 is 15.2 Å². The molecule has 0 saturated heterocycles. The molecule has 5 heteroatoms. The lowest BCUT2D eigenvalue weighted by Crippen LogP contribution is -1.93. The molecule has 1 aromatic heterocycles. The van der Waals surface area contributed by atoms with E-state index >= 15 is 0 Å². The number of rotatable bonds is 3. The largest absolute Gasteiger partial charge is 0.496 e. The van der Waals surface area contributed by atoms with E-state index in [1.165, 1.54) is 11.3 Å². The van der Waals surface area contributed by atoms with Crippen molar-refractivity contribution >= 4 is 16.5 Å². The molecule has 2 rings (SSSR count). The first-order valence-corrected chi connectivity index (χ1v) is 5.56. The Morgan fingerprint density at radius 2 is 1.81 bits per heavy atom. The number of hydrogen-bond acceptors (Lipinski definition) is 5. The van der Waals surface area contributed by atoms with E-state index in [0.29, 0.717) is 5.13 Å². The molecule has 0 amide bonds. The van der Waals surface area contributed by atoms with Gasteiger partial charge in [-0.1, -0.05) is 6.07 Å². The van der Waals surface area contributed by atoms with Gasteiger partial charge in [0, 0.05) is 5.38 Å². The average molecular weight is 236 g/mol. The van der Waals surface area contributed by atoms with Crippen molar-refractivity contribution in [3.05, 3.63) is 23.6 Å². The summed E-state index contributed by atoms with van der Waals surface area (Å²) in [5, 5.41) is 2.42. The number of thiazole rings is 1. The first-order valence-electron chi connectivity index (χ1n) is 4.68. The van der Waals surface area contributed by atoms with Gasteiger partial charge in [0.15, 0.2) is 5.13 Å². The molecule has 1 aromatic carbocycles. The van der Waals surface area contributed by atoms with Crippen LogP contribution in [0.25, 0.3) is 11.3 Å². The number of anilines is 1. The lowest BCUT2D eigenvalue weighted by Gasteiger charge is -2.10. The number of hydrogen-bond donors (Lipinski definition) is 1. The third-order valence-corrected chi connectivity index (χ3v) is 2.88. The van der Waals surface area contributed by atoms with E-state index in [4.69, 9.17) is 15.2 Å². The second kappa shape index (κ2) is 4.40. The van der Waals surface area contributed by atoms with Crippen molar-refractivity contribution in [3.63, 3.8) is 0 Å². The molecule has 0 bridgehead atoms. The number of methoxy groups -OCH3 is 2. The zero-order valence-corrected chi connectivity index (χ0v) is 9.88. The predicted octanol–water partition coefficient (Wildman–Crippen LogP) is 2.41. The molecule has 2 N–H and O–H groups in total. The van der Waals surface area contributed by atoms with Crippen LogP contribution in [0.5, 0.6) is 11.5 Å². The van der Waals surface area contributed by atoms with Crippen LogP contribution in [0.4, 0.5) is 5.13 Å². The molecule has 0 aliphatic heterocycles. The summed E-state index contributed by atoms with van der Waals surface area (Å²) < 4.78 is 10.6. The molecule has 0 unspecified atom stereocenters. The number of nitrogen functional groups attached to an aromatic ring is 1. The highest BCUT2D eigenvalue weighted by atomic mass is 32.1. The molecule has 0 fully saturated rings. The highest BCUT2D eigenvalue weighted by Crippen LogP contribution is 2.38. The Kier molecular flexibility index (Phi) is 2.96. The maximum Gasteiger partial charge on any atom is 0.180 e. The number of aromatic nitrogens is 1. The van der Waals surface area contributed by atoms with Gasteiger partial charge in [-0.2, -0.15) is 0 Å². The van der Waals surface area contributed by atoms with Crippen molar-refractivity contribution in [2.45, 2.75) is 0 Å². The Labute approximate surface area is 97.6 Å². The molecule has 0 spiro atoms. The van der Waals surface area contributed by atoms with E-state index in [1.807, 2.05) is 23.6 Å². The molecule has 84 valence electrons. The summed E-state index contributed by atoms with van der Waals surface area (Å²) in [6.07, 6.45) is 0. The third-order valence-electron chi connectivity index (χ3n) is 2.21. The van der Waals surface area contributed by atoms with Gasteiger partial charge in [0.1, 0.15) is 11.5 Å². The summed E-state index contributed by atoms with van der Waals surface area (Å²) in [6, 6.07) is 5.61. The van der Waals surface area contributed by atoms with Crippen LogP contribution in [0.3, 0.4) is 0 Å². The molecule has 0 saturated carbocycles. The summed E-state index contributed by atoms with van der Waals surface area (Å²) in [4.78, 5) is 4.23. The Bertz CT molecular complexity index is 474. The normalized spacial score (nSPS) is 10.1. The molecule has 4 nitrogen and oxygen atoms in total. The van der Waals surface area contributed by atoms with E-state index in [1.54, 1.807) is 14.2 Å². The number of ether oxygens (including phenoxy) is 2. The minimum absolute atomic E-state index is 0.531. The molecule has 0 aliphatic rings. The van der Waals surface area contributed by atoms with Gasteiger partial charge in [-0.15, -0.1) is 11.3 Å². The first kappa shape index (κ1) is 10.8. The van der Waals surface area contributed by atoms with Crippen LogP contribution in [-0.2, 0) is 0 Å². The van der Waals surface area contributed by atoms with Gasteiger partial charge >= 0.3 is 0 Å². The fraction of sp³-hybridized carbons (Fsp3) is 0.182. The van der Waals surface area contributed by atoms with Crippen LogP contribution in [0.2, 0.25) is 0 Å². The molecular weight excluding hydrogens is 224 g/mol. The SMILES string of the molecule is COc1cccc(OC)c1-c1csc(N)n1. The van der Waals surface area contributed by atoms with Gasteiger partial charge < -0.3 is 15.2 Å². The standard InChI is InChI=1S/C11H12N2O2S/c1-14-8-4-3-5-9(15-2)10(8)7-6-16-11(12)13-7/h3-6H,1-2H3,(H2,12,13). The topological polar surface area (TPSA) is 57.4 Å². The summed E-state index contributed by atoms with van der Waals surface area (Å²) >= 11 is 1.39. The minimum Gasteiger partial charge on any atom is -0.496 e. The number of nitrogens with zero attached hydrogens (tertiary/aromatic N) is 1. The predicted molar refractivity (Wildman–Crippen MR) is 65.1 cm³/mol. The second-order valence-electron chi connectivity index (χ2n) is 3.11. The number of nitrogens with two attached hydrogens (primary N) is 1. The zero-order valence-electron chi connectivity index (χ0n) is 9.06. The van der Waals surface area contributed by atoms with E-state index in [9.17, 15) is 0 Å². The van der Waals surface area contributed by atoms with Gasteiger partial charge in [0.2, 0.25) is 0 Å². The Hall–Kier alpha value is -1.75. The van der Waals surface area contributed by atoms with Gasteiger partial charge in [0.25, 0.3) is 0 Å². The molecule has 2 aromatic rings. The summed E-state index contributed by atoms with van der Waals surface area (Å²) in [5.74, 6) is 1.45. The van der Waals surface area contributed by atoms with Crippen LogP contribution in [-0.4, -0.2) is 19.2 Å². The molecule has 0 aliphatic carbocycles. The van der Waals surface area contributed by atoms with E-state index in [2.05, 4.69) is 4.98 Å². The summed E-state index contributed by atoms with van der Waals surface area (Å²) in [5.41, 5.74) is 7.23. The molecule has 16 heavy (non-hydrogen) atoms. The van der Waals surface area contributed by atoms with Crippen molar-refractivity contribution in [2.24, 2.45) is 0 Å². The Balaban J connectivity index is 2.60. The highest BCUT2D eigenvalue weighted by molar-refractivity contribution is 7.13. The number of benzene rings is 1. The van der Waals surface area contributed by atoms with Crippen LogP contribution in [0, 0.1) is 0 Å². The first-order chi connectivity index (χ1) is 7.76. The maximum atomic E-state index is 5.62. The summed E-state index contributed by atoms with van der Waals surface area (Å²) in [6.45, 7) is 0. The monoisotopic (exact) mass is 236 g/mol. The van der Waals surface area contributed by atoms with Gasteiger partial charge in [0.05, 0.1) is 25.5 Å². The van der Waals surface area contributed by atoms with E-state index < -0.39 is 0 Å². The van der Waals surface area contributed by atoms with Gasteiger partial charge in [-0.3, -0.25) is 0 Å². The van der Waals surface area contributed by atoms with Crippen molar-refractivity contribution in [1.29, 1.82) is 0 Å². The smallest absolute Gasteiger partial charge is 0.180 e. The minimum atomic E-state index is 0.531. The molecule has 0 radical (unpaired) electrons. The van der Waals surface area contributed by atoms with Gasteiger partial charge in [-0.05, 0) is 12.1 Å².